The number of quaternary nitrogens is 1. The number of benzene rings is 1. The molecule has 0 spiro atoms. The van der Waals surface area contributed by atoms with Gasteiger partial charge in [-0.3, -0.25) is 0 Å². The van der Waals surface area contributed by atoms with Gasteiger partial charge < -0.3 is 10.0 Å². The minimum absolute atomic E-state index is 0.0959. The molecule has 0 bridgehead atoms. The number of aromatic hydroxyl groups is 1. The van der Waals surface area contributed by atoms with E-state index in [2.05, 4.69) is 10.1 Å². The van der Waals surface area contributed by atoms with Crippen LogP contribution in [0.15, 0.2) is 24.3 Å². The molecule has 0 amide bonds. The van der Waals surface area contributed by atoms with Gasteiger partial charge >= 0.3 is 0 Å². The van der Waals surface area contributed by atoms with Gasteiger partial charge in [-0.1, -0.05) is 30.4 Å². The summed E-state index contributed by atoms with van der Waals surface area (Å²) in [5, 5.41) is 15.1. The fourth-order valence-corrected chi connectivity index (χ4v) is 4.83. The van der Waals surface area contributed by atoms with Crippen LogP contribution in [0, 0.1) is 5.82 Å². The van der Waals surface area contributed by atoms with Crippen molar-refractivity contribution < 1.29 is 14.4 Å². The first-order chi connectivity index (χ1) is 12.2. The molecular weight excluding hydrogens is 339 g/mol. The van der Waals surface area contributed by atoms with E-state index in [1.165, 1.54) is 33.2 Å². The molecule has 0 unspecified atom stereocenters. The minimum atomic E-state index is -0.224. The molecule has 1 fully saturated rings. The maximum Gasteiger partial charge on any atom is 0.235 e. The zero-order valence-electron chi connectivity index (χ0n) is 14.2. The molecule has 1 aliphatic rings. The van der Waals surface area contributed by atoms with Crippen molar-refractivity contribution in [2.24, 2.45) is 0 Å². The molecule has 25 heavy (non-hydrogen) atoms. The Kier molecular flexibility index (Phi) is 4.43. The largest absolute Gasteiger partial charge is 0.492 e. The number of fused-ring (bicyclic) bond motifs is 1. The van der Waals surface area contributed by atoms with Gasteiger partial charge in [0.05, 0.1) is 18.7 Å². The fraction of sp³-hybridized carbons (Fsp3) is 0.444. The van der Waals surface area contributed by atoms with Crippen molar-refractivity contribution in [1.82, 2.24) is 14.6 Å². The van der Waals surface area contributed by atoms with Crippen molar-refractivity contribution in [1.29, 1.82) is 0 Å². The van der Waals surface area contributed by atoms with E-state index in [0.29, 0.717) is 16.3 Å². The van der Waals surface area contributed by atoms with Crippen molar-refractivity contribution >= 4 is 16.3 Å². The van der Waals surface area contributed by atoms with E-state index >= 15 is 0 Å². The van der Waals surface area contributed by atoms with E-state index in [0.717, 1.165) is 37.2 Å². The summed E-state index contributed by atoms with van der Waals surface area (Å²) in [5.74, 6) is 0.581. The lowest BCUT2D eigenvalue weighted by atomic mass is 10.00. The molecule has 5 nitrogen and oxygen atoms in total. The molecule has 2 aromatic heterocycles. The molecule has 0 radical (unpaired) electrons. The lowest BCUT2D eigenvalue weighted by Crippen LogP contribution is -3.13. The van der Waals surface area contributed by atoms with Gasteiger partial charge in [-0.25, -0.2) is 9.37 Å². The van der Waals surface area contributed by atoms with E-state index in [9.17, 15) is 9.50 Å². The number of halogens is 1. The van der Waals surface area contributed by atoms with Gasteiger partial charge in [-0.15, -0.1) is 5.10 Å². The van der Waals surface area contributed by atoms with Crippen LogP contribution in [0.1, 0.15) is 48.5 Å². The van der Waals surface area contributed by atoms with Crippen molar-refractivity contribution in [2.75, 3.05) is 13.1 Å². The zero-order chi connectivity index (χ0) is 17.4. The average molecular weight is 361 g/mol. The molecule has 3 heterocycles. The Balaban J connectivity index is 1.84. The second-order valence-corrected chi connectivity index (χ2v) is 7.55. The monoisotopic (exact) mass is 361 g/mol. The van der Waals surface area contributed by atoms with Crippen LogP contribution in [0.3, 0.4) is 0 Å². The highest BCUT2D eigenvalue weighted by Gasteiger charge is 2.35. The predicted molar refractivity (Wildman–Crippen MR) is 94.7 cm³/mol. The first-order valence-electron chi connectivity index (χ1n) is 8.85. The smallest absolute Gasteiger partial charge is 0.235 e. The maximum atomic E-state index is 14.6. The van der Waals surface area contributed by atoms with Gasteiger partial charge in [0.25, 0.3) is 0 Å². The number of thiazole rings is 1. The summed E-state index contributed by atoms with van der Waals surface area (Å²) in [4.78, 5) is 7.18. The summed E-state index contributed by atoms with van der Waals surface area (Å²) in [6.07, 6.45) is 4.19. The van der Waals surface area contributed by atoms with Crippen LogP contribution in [0.25, 0.3) is 4.96 Å². The first kappa shape index (κ1) is 16.5. The van der Waals surface area contributed by atoms with E-state index in [4.69, 9.17) is 0 Å². The van der Waals surface area contributed by atoms with Crippen LogP contribution in [0.2, 0.25) is 0 Å². The average Bonchev–Trinajstić information content (AvgIpc) is 3.18. The van der Waals surface area contributed by atoms with Crippen LogP contribution in [0.5, 0.6) is 5.88 Å². The second kappa shape index (κ2) is 6.72. The van der Waals surface area contributed by atoms with Crippen LogP contribution in [-0.2, 0) is 6.42 Å². The third-order valence-corrected chi connectivity index (χ3v) is 6.03. The second-order valence-electron chi connectivity index (χ2n) is 6.54. The van der Waals surface area contributed by atoms with Crippen LogP contribution < -0.4 is 4.90 Å². The summed E-state index contributed by atoms with van der Waals surface area (Å²) in [6, 6.07) is 6.67. The quantitative estimate of drug-likeness (QED) is 0.750. The highest BCUT2D eigenvalue weighted by molar-refractivity contribution is 7.17. The zero-order valence-corrected chi connectivity index (χ0v) is 15.0. The van der Waals surface area contributed by atoms with Crippen molar-refractivity contribution in [2.45, 2.75) is 38.6 Å². The number of hydrogen-bond donors (Lipinski definition) is 2. The van der Waals surface area contributed by atoms with E-state index in [1.54, 1.807) is 6.07 Å². The summed E-state index contributed by atoms with van der Waals surface area (Å²) >= 11 is 1.42. The van der Waals surface area contributed by atoms with Crippen LogP contribution >= 0.6 is 11.3 Å². The van der Waals surface area contributed by atoms with Gasteiger partial charge in [0.1, 0.15) is 10.7 Å². The molecule has 2 N–H and O–H groups in total. The minimum Gasteiger partial charge on any atom is -0.492 e. The Labute approximate surface area is 149 Å². The number of rotatable bonds is 4. The summed E-state index contributed by atoms with van der Waals surface area (Å²) in [7, 11) is 0. The van der Waals surface area contributed by atoms with Crippen LogP contribution in [0.4, 0.5) is 4.39 Å². The Morgan fingerprint density at radius 2 is 2.04 bits per heavy atom. The van der Waals surface area contributed by atoms with E-state index < -0.39 is 0 Å². The Morgan fingerprint density at radius 3 is 2.72 bits per heavy atom. The third-order valence-electron chi connectivity index (χ3n) is 4.94. The molecule has 3 aromatic rings. The molecule has 4 rings (SSSR count). The Hall–Kier alpha value is -1.99. The highest BCUT2D eigenvalue weighted by Crippen LogP contribution is 2.36. The lowest BCUT2D eigenvalue weighted by molar-refractivity contribution is -0.930. The topological polar surface area (TPSA) is 54.9 Å². The molecule has 1 saturated heterocycles. The predicted octanol–water partition coefficient (Wildman–Crippen LogP) is 2.36. The highest BCUT2D eigenvalue weighted by atomic mass is 32.1. The molecule has 1 aliphatic heterocycles. The van der Waals surface area contributed by atoms with Crippen LogP contribution in [-0.4, -0.2) is 32.8 Å². The number of nitrogens with one attached hydrogen (secondary N) is 1. The van der Waals surface area contributed by atoms with Gasteiger partial charge in [-0.05, 0) is 31.4 Å². The third kappa shape index (κ3) is 2.91. The first-order valence-corrected chi connectivity index (χ1v) is 9.67. The summed E-state index contributed by atoms with van der Waals surface area (Å²) in [5.41, 5.74) is 0.634. The van der Waals surface area contributed by atoms with Gasteiger partial charge in [0, 0.05) is 6.42 Å². The molecule has 0 saturated carbocycles. The molecule has 1 atom stereocenters. The van der Waals surface area contributed by atoms with Crippen molar-refractivity contribution in [3.8, 4) is 5.88 Å². The number of likely N-dealkylation sites (tertiary alicyclic amines) is 1. The number of aryl methyl sites for hydroxylation is 1. The SMILES string of the molecule is CCc1nc2sc([C@@H](c3ccccc3F)[NH+]3CCCCC3)c(O)n2n1. The Morgan fingerprint density at radius 1 is 1.28 bits per heavy atom. The van der Waals surface area contributed by atoms with Crippen molar-refractivity contribution in [3.63, 3.8) is 0 Å². The number of hydrogen-bond acceptors (Lipinski definition) is 4. The van der Waals surface area contributed by atoms with Gasteiger partial charge in [0.2, 0.25) is 10.8 Å². The molecule has 0 aliphatic carbocycles. The lowest BCUT2D eigenvalue weighted by Gasteiger charge is -2.31. The number of nitrogens with zero attached hydrogens (tertiary/aromatic N) is 3. The summed E-state index contributed by atoms with van der Waals surface area (Å²) < 4.78 is 16.1. The Bertz CT molecular complexity index is 884. The van der Waals surface area contributed by atoms with E-state index in [1.807, 2.05) is 19.1 Å². The summed E-state index contributed by atoms with van der Waals surface area (Å²) in [6.45, 7) is 3.94. The van der Waals surface area contributed by atoms with E-state index in [-0.39, 0.29) is 17.7 Å². The molecule has 132 valence electrons. The molecule has 7 heteroatoms. The fourth-order valence-electron chi connectivity index (χ4n) is 3.68. The molecular formula is C18H22FN4OS+. The number of piperidine rings is 1. The van der Waals surface area contributed by atoms with Gasteiger partial charge in [0.15, 0.2) is 11.9 Å². The standard InChI is InChI=1S/C18H21FN4OS/c1-2-14-20-18-23(21-14)17(24)16(25-18)15(22-10-6-3-7-11-22)12-8-4-5-9-13(12)19/h4-5,8-9,15,24H,2-3,6-7,10-11H2,1H3/p+1/t15-/m1/s1. The maximum absolute atomic E-state index is 14.6. The van der Waals surface area contributed by atoms with Gasteiger partial charge in [-0.2, -0.15) is 4.52 Å². The number of aromatic nitrogens is 3. The normalized spacial score (nSPS) is 17.2. The molecule has 1 aromatic carbocycles. The van der Waals surface area contributed by atoms with Crippen molar-refractivity contribution in [3.05, 3.63) is 46.3 Å².